The first-order valence-electron chi connectivity index (χ1n) is 9.65. The Balaban J connectivity index is 1.79. The minimum Gasteiger partial charge on any atom is -0.394 e. The second-order valence-electron chi connectivity index (χ2n) is 7.02. The van der Waals surface area contributed by atoms with Crippen LogP contribution in [0.1, 0.15) is 29.5 Å². The van der Waals surface area contributed by atoms with Crippen LogP contribution in [0.4, 0.5) is 11.6 Å². The number of aromatic nitrogens is 1. The zero-order chi connectivity index (χ0) is 19.1. The number of nitrogens with zero attached hydrogens (tertiary/aromatic N) is 3. The molecule has 3 heterocycles. The number of nitriles is 1. The highest BCUT2D eigenvalue weighted by Crippen LogP contribution is 2.31. The molecule has 0 saturated carbocycles. The topological polar surface area (TPSA) is 103 Å². The summed E-state index contributed by atoms with van der Waals surface area (Å²) in [5.41, 5.74) is 2.82. The Kier molecular flexibility index (Phi) is 7.24. The van der Waals surface area contributed by atoms with E-state index in [9.17, 15) is 5.26 Å². The highest BCUT2D eigenvalue weighted by atomic mass is 16.5. The minimum absolute atomic E-state index is 0.00532. The molecule has 8 nitrogen and oxygen atoms in total. The van der Waals surface area contributed by atoms with Gasteiger partial charge in [0.15, 0.2) is 0 Å². The lowest BCUT2D eigenvalue weighted by atomic mass is 9.96. The van der Waals surface area contributed by atoms with Crippen molar-refractivity contribution in [3.05, 3.63) is 16.7 Å². The number of hydrogen-bond acceptors (Lipinski definition) is 8. The van der Waals surface area contributed by atoms with Crippen LogP contribution in [0.25, 0.3) is 0 Å². The van der Waals surface area contributed by atoms with Gasteiger partial charge in [-0.2, -0.15) is 5.26 Å². The number of rotatable bonds is 9. The van der Waals surface area contributed by atoms with E-state index >= 15 is 0 Å². The summed E-state index contributed by atoms with van der Waals surface area (Å²) in [7, 11) is 2.09. The van der Waals surface area contributed by atoms with Crippen molar-refractivity contribution in [2.75, 3.05) is 63.7 Å². The molecule has 8 heteroatoms. The number of hydrogen-bond donors (Lipinski definition) is 3. The number of anilines is 2. The Morgan fingerprint density at radius 3 is 2.96 bits per heavy atom. The zero-order valence-electron chi connectivity index (χ0n) is 16.0. The largest absolute Gasteiger partial charge is 0.394 e. The van der Waals surface area contributed by atoms with Crippen LogP contribution in [0.15, 0.2) is 0 Å². The fourth-order valence-electron chi connectivity index (χ4n) is 3.59. The number of aliphatic hydroxyl groups is 1. The van der Waals surface area contributed by atoms with E-state index in [4.69, 9.17) is 19.6 Å². The maximum atomic E-state index is 9.73. The molecule has 1 aromatic rings. The van der Waals surface area contributed by atoms with Gasteiger partial charge in [-0.15, -0.1) is 0 Å². The Bertz CT molecular complexity index is 670. The predicted molar refractivity (Wildman–Crippen MR) is 103 cm³/mol. The quantitative estimate of drug-likeness (QED) is 0.549. The van der Waals surface area contributed by atoms with E-state index in [0.717, 1.165) is 62.4 Å². The summed E-state index contributed by atoms with van der Waals surface area (Å²) < 4.78 is 11.0. The molecule has 0 aliphatic carbocycles. The molecule has 0 aromatic carbocycles. The van der Waals surface area contributed by atoms with Crippen LogP contribution in [-0.2, 0) is 22.4 Å². The predicted octanol–water partition coefficient (Wildman–Crippen LogP) is 0.953. The molecule has 0 unspecified atom stereocenters. The fourth-order valence-corrected chi connectivity index (χ4v) is 3.59. The summed E-state index contributed by atoms with van der Waals surface area (Å²) >= 11 is 0. The Morgan fingerprint density at radius 2 is 2.22 bits per heavy atom. The summed E-state index contributed by atoms with van der Waals surface area (Å²) in [5.74, 6) is 1.44. The van der Waals surface area contributed by atoms with Crippen LogP contribution in [-0.4, -0.2) is 74.2 Å². The lowest BCUT2D eigenvalue weighted by molar-refractivity contribution is 0.0992. The highest BCUT2D eigenvalue weighted by Gasteiger charge is 2.25. The second kappa shape index (κ2) is 9.85. The molecule has 3 N–H and O–H groups in total. The summed E-state index contributed by atoms with van der Waals surface area (Å²) in [6, 6.07) is 2.34. The van der Waals surface area contributed by atoms with Crippen LogP contribution < -0.4 is 10.6 Å². The van der Waals surface area contributed by atoms with Gasteiger partial charge in [0.1, 0.15) is 17.7 Å². The molecule has 0 radical (unpaired) electrons. The number of likely N-dealkylation sites (N-methyl/N-ethyl adjacent to an activating group) is 1. The molecule has 1 atom stereocenters. The molecule has 1 aromatic heterocycles. The Hall–Kier alpha value is -1.92. The van der Waals surface area contributed by atoms with Crippen LogP contribution in [0, 0.1) is 11.3 Å². The van der Waals surface area contributed by atoms with Crippen molar-refractivity contribution >= 4 is 11.6 Å². The lowest BCUT2D eigenvalue weighted by Crippen LogP contribution is -2.30. The van der Waals surface area contributed by atoms with E-state index < -0.39 is 0 Å². The second-order valence-corrected chi connectivity index (χ2v) is 7.02. The first kappa shape index (κ1) is 19.8. The standard InChI is InChI=1S/C19H29N5O3/c1-24-6-4-15-16(11-20)18(21-5-9-26-10-7-25)23-19(17(15)13-24)22-12-14-3-2-8-27-14/h14,25H,2-10,12-13H2,1H3,(H2,21,22,23)/t14-/m0/s1. The molecule has 2 aliphatic rings. The molecular formula is C19H29N5O3. The lowest BCUT2D eigenvalue weighted by Gasteiger charge is -2.29. The third kappa shape index (κ3) is 5.08. The van der Waals surface area contributed by atoms with Gasteiger partial charge >= 0.3 is 0 Å². The van der Waals surface area contributed by atoms with Crippen LogP contribution in [0.3, 0.4) is 0 Å². The smallest absolute Gasteiger partial charge is 0.146 e. The molecule has 148 valence electrons. The number of ether oxygens (including phenoxy) is 2. The third-order valence-electron chi connectivity index (χ3n) is 4.99. The molecule has 27 heavy (non-hydrogen) atoms. The van der Waals surface area contributed by atoms with Crippen molar-refractivity contribution in [1.82, 2.24) is 9.88 Å². The summed E-state index contributed by atoms with van der Waals surface area (Å²) in [5, 5.41) is 25.2. The third-order valence-corrected chi connectivity index (χ3v) is 4.99. The van der Waals surface area contributed by atoms with Gasteiger partial charge in [0, 0.05) is 38.3 Å². The average molecular weight is 375 g/mol. The molecule has 2 aliphatic heterocycles. The van der Waals surface area contributed by atoms with E-state index in [2.05, 4.69) is 28.7 Å². The summed E-state index contributed by atoms with van der Waals surface area (Å²) in [6.07, 6.45) is 3.23. The first-order chi connectivity index (χ1) is 13.2. The van der Waals surface area contributed by atoms with E-state index in [0.29, 0.717) is 31.1 Å². The molecule has 0 bridgehead atoms. The van der Waals surface area contributed by atoms with Crippen LogP contribution >= 0.6 is 0 Å². The highest BCUT2D eigenvalue weighted by molar-refractivity contribution is 5.66. The number of fused-ring (bicyclic) bond motifs is 1. The van der Waals surface area contributed by atoms with Crippen molar-refractivity contribution in [2.24, 2.45) is 0 Å². The molecule has 0 spiro atoms. The first-order valence-corrected chi connectivity index (χ1v) is 9.65. The number of pyridine rings is 1. The van der Waals surface area contributed by atoms with E-state index in [1.54, 1.807) is 0 Å². The Labute approximate surface area is 160 Å². The summed E-state index contributed by atoms with van der Waals surface area (Å²) in [6.45, 7) is 4.57. The minimum atomic E-state index is 0.00532. The van der Waals surface area contributed by atoms with Gasteiger partial charge in [-0.05, 0) is 31.9 Å². The van der Waals surface area contributed by atoms with Crippen molar-refractivity contribution in [2.45, 2.75) is 31.9 Å². The van der Waals surface area contributed by atoms with Crippen LogP contribution in [0.5, 0.6) is 0 Å². The molecular weight excluding hydrogens is 346 g/mol. The SMILES string of the molecule is CN1CCc2c(C#N)c(NCCOCCO)nc(NC[C@@H]3CCCO3)c2C1. The molecule has 3 rings (SSSR count). The zero-order valence-corrected chi connectivity index (χ0v) is 16.0. The van der Waals surface area contributed by atoms with Crippen molar-refractivity contribution in [1.29, 1.82) is 5.26 Å². The summed E-state index contributed by atoms with van der Waals surface area (Å²) in [4.78, 5) is 6.99. The normalized spacial score (nSPS) is 19.5. The van der Waals surface area contributed by atoms with Gasteiger partial charge in [0.25, 0.3) is 0 Å². The Morgan fingerprint density at radius 1 is 1.33 bits per heavy atom. The van der Waals surface area contributed by atoms with Crippen molar-refractivity contribution in [3.63, 3.8) is 0 Å². The maximum Gasteiger partial charge on any atom is 0.146 e. The van der Waals surface area contributed by atoms with Gasteiger partial charge in [0.2, 0.25) is 0 Å². The van der Waals surface area contributed by atoms with Gasteiger partial charge in [0.05, 0.1) is 31.5 Å². The fraction of sp³-hybridized carbons (Fsp3) is 0.684. The number of aliphatic hydroxyl groups excluding tert-OH is 1. The van der Waals surface area contributed by atoms with E-state index in [-0.39, 0.29) is 12.7 Å². The maximum absolute atomic E-state index is 9.73. The number of nitrogens with one attached hydrogen (secondary N) is 2. The average Bonchev–Trinajstić information content (AvgIpc) is 3.19. The van der Waals surface area contributed by atoms with Gasteiger partial charge in [-0.1, -0.05) is 0 Å². The van der Waals surface area contributed by atoms with Crippen molar-refractivity contribution < 1.29 is 14.6 Å². The van der Waals surface area contributed by atoms with Crippen LogP contribution in [0.2, 0.25) is 0 Å². The van der Waals surface area contributed by atoms with E-state index in [1.165, 1.54) is 0 Å². The van der Waals surface area contributed by atoms with E-state index in [1.807, 2.05) is 0 Å². The van der Waals surface area contributed by atoms with Gasteiger partial charge in [-0.25, -0.2) is 4.98 Å². The van der Waals surface area contributed by atoms with Crippen molar-refractivity contribution in [3.8, 4) is 6.07 Å². The van der Waals surface area contributed by atoms with Gasteiger partial charge < -0.3 is 30.1 Å². The van der Waals surface area contributed by atoms with Gasteiger partial charge in [-0.3, -0.25) is 0 Å². The monoisotopic (exact) mass is 375 g/mol. The molecule has 1 fully saturated rings. The molecule has 1 saturated heterocycles. The molecule has 0 amide bonds.